The number of fused-ring (bicyclic) bond motifs is 5. The zero-order valence-electron chi connectivity index (χ0n) is 27.2. The second-order valence-corrected chi connectivity index (χ2v) is 14.6. The molecule has 4 atom stereocenters. The zero-order valence-corrected chi connectivity index (χ0v) is 27.2. The standard InChI is InChI=1S/C38H38F2N6O3/c1-3-28-31(39)9-6-23-10-26(47)11-29(32(23)28)34-33(40)35-30(14-41-34)36(45-16-24-7-8-25(17-45)42-24)44-37(43-35)49-20-38-12-21(2)15-46(38)18-27(13-38)48-19-22-4-5-22/h1,6,9-11,14,22,24-25,27,42,47H,2,4-5,7-8,12-13,15-20H2/t24?,25?,27-,38-/m1/s1. The Morgan fingerprint density at radius 2 is 1.92 bits per heavy atom. The maximum atomic E-state index is 17.0. The van der Waals surface area contributed by atoms with Gasteiger partial charge in [-0.3, -0.25) is 9.88 Å². The Morgan fingerprint density at radius 3 is 2.69 bits per heavy atom. The second kappa shape index (κ2) is 11.6. The van der Waals surface area contributed by atoms with E-state index in [1.54, 1.807) is 6.20 Å². The molecule has 252 valence electrons. The van der Waals surface area contributed by atoms with Crippen molar-refractivity contribution in [3.8, 4) is 35.4 Å². The molecule has 9 rings (SSSR count). The summed E-state index contributed by atoms with van der Waals surface area (Å²) in [5.41, 5.74) is 0.935. The van der Waals surface area contributed by atoms with Gasteiger partial charge in [-0.15, -0.1) is 6.42 Å². The normalized spacial score (nSPS) is 26.5. The number of aromatic nitrogens is 3. The summed E-state index contributed by atoms with van der Waals surface area (Å²) < 4.78 is 44.6. The van der Waals surface area contributed by atoms with Crippen LogP contribution < -0.4 is 15.0 Å². The fourth-order valence-corrected chi connectivity index (χ4v) is 8.57. The van der Waals surface area contributed by atoms with Crippen LogP contribution in [0.5, 0.6) is 11.8 Å². The lowest BCUT2D eigenvalue weighted by molar-refractivity contribution is 0.0501. The predicted molar refractivity (Wildman–Crippen MR) is 183 cm³/mol. The maximum Gasteiger partial charge on any atom is 0.319 e. The highest BCUT2D eigenvalue weighted by molar-refractivity contribution is 6.03. The molecule has 2 unspecified atom stereocenters. The Morgan fingerprint density at radius 1 is 1.10 bits per heavy atom. The summed E-state index contributed by atoms with van der Waals surface area (Å²) in [4.78, 5) is 18.7. The van der Waals surface area contributed by atoms with E-state index in [1.807, 2.05) is 0 Å². The predicted octanol–water partition coefficient (Wildman–Crippen LogP) is 5.33. The van der Waals surface area contributed by atoms with Crippen LogP contribution in [0.25, 0.3) is 32.9 Å². The molecule has 1 aliphatic carbocycles. The summed E-state index contributed by atoms with van der Waals surface area (Å²) in [5.74, 6) is 2.18. The number of nitrogens with zero attached hydrogens (tertiary/aromatic N) is 5. The molecule has 0 radical (unpaired) electrons. The fraction of sp³-hybridized carbons (Fsp3) is 0.447. The molecular formula is C38H38F2N6O3. The van der Waals surface area contributed by atoms with Gasteiger partial charge in [-0.25, -0.2) is 8.78 Å². The van der Waals surface area contributed by atoms with E-state index in [4.69, 9.17) is 20.9 Å². The number of pyridine rings is 1. The molecule has 1 saturated carbocycles. The lowest BCUT2D eigenvalue weighted by Crippen LogP contribution is -2.51. The first-order chi connectivity index (χ1) is 23.8. The molecule has 2 N–H and O–H groups in total. The van der Waals surface area contributed by atoms with Crippen molar-refractivity contribution in [3.63, 3.8) is 0 Å². The summed E-state index contributed by atoms with van der Waals surface area (Å²) in [6.45, 7) is 8.45. The van der Waals surface area contributed by atoms with Gasteiger partial charge in [0.2, 0.25) is 0 Å². The summed E-state index contributed by atoms with van der Waals surface area (Å²) in [7, 11) is 0. The number of aromatic hydroxyl groups is 1. The number of rotatable bonds is 8. The average Bonchev–Trinajstić information content (AvgIpc) is 3.68. The number of hydrogen-bond acceptors (Lipinski definition) is 9. The highest BCUT2D eigenvalue weighted by Gasteiger charge is 2.51. The minimum absolute atomic E-state index is 0.0320. The fourth-order valence-electron chi connectivity index (χ4n) is 8.57. The zero-order chi connectivity index (χ0) is 33.4. The second-order valence-electron chi connectivity index (χ2n) is 14.6. The highest BCUT2D eigenvalue weighted by atomic mass is 19.1. The molecular weight excluding hydrogens is 626 g/mol. The molecule has 49 heavy (non-hydrogen) atoms. The first-order valence-corrected chi connectivity index (χ1v) is 17.2. The number of ether oxygens (including phenoxy) is 2. The van der Waals surface area contributed by atoms with Gasteiger partial charge < -0.3 is 24.8 Å². The smallest absolute Gasteiger partial charge is 0.319 e. The van der Waals surface area contributed by atoms with Gasteiger partial charge in [0.05, 0.1) is 22.6 Å². The van der Waals surface area contributed by atoms with Crippen LogP contribution in [0.2, 0.25) is 0 Å². The Labute approximate surface area is 283 Å². The molecule has 2 bridgehead atoms. The average molecular weight is 665 g/mol. The Balaban J connectivity index is 1.13. The number of hydrogen-bond donors (Lipinski definition) is 2. The van der Waals surface area contributed by atoms with E-state index in [0.29, 0.717) is 54.3 Å². The van der Waals surface area contributed by atoms with Crippen LogP contribution in [0.1, 0.15) is 44.1 Å². The van der Waals surface area contributed by atoms with Crippen LogP contribution in [0, 0.1) is 29.9 Å². The third kappa shape index (κ3) is 5.37. The minimum atomic E-state index is -0.730. The van der Waals surface area contributed by atoms with Gasteiger partial charge in [0.1, 0.15) is 35.2 Å². The monoisotopic (exact) mass is 664 g/mol. The largest absolute Gasteiger partial charge is 0.508 e. The lowest BCUT2D eigenvalue weighted by atomic mass is 9.93. The number of halogens is 2. The van der Waals surface area contributed by atoms with Gasteiger partial charge in [0, 0.05) is 62.0 Å². The van der Waals surface area contributed by atoms with Crippen LogP contribution in [0.15, 0.2) is 42.6 Å². The number of terminal acetylenes is 1. The number of phenolic OH excluding ortho intramolecular Hbond substituents is 1. The molecule has 5 fully saturated rings. The molecule has 0 spiro atoms. The van der Waals surface area contributed by atoms with E-state index < -0.39 is 11.6 Å². The van der Waals surface area contributed by atoms with Crippen molar-refractivity contribution in [2.24, 2.45) is 5.92 Å². The van der Waals surface area contributed by atoms with Gasteiger partial charge in [-0.05, 0) is 68.0 Å². The van der Waals surface area contributed by atoms with Crippen LogP contribution in [0.4, 0.5) is 14.6 Å². The topological polar surface area (TPSA) is 95.9 Å². The number of anilines is 1. The summed E-state index contributed by atoms with van der Waals surface area (Å²) in [6.07, 6.45) is 13.6. The van der Waals surface area contributed by atoms with Gasteiger partial charge in [0.25, 0.3) is 0 Å². The number of nitrogens with one attached hydrogen (secondary N) is 1. The van der Waals surface area contributed by atoms with E-state index in [9.17, 15) is 9.50 Å². The van der Waals surface area contributed by atoms with E-state index in [-0.39, 0.29) is 51.1 Å². The summed E-state index contributed by atoms with van der Waals surface area (Å²) in [5, 5.41) is 15.4. The van der Waals surface area contributed by atoms with Crippen LogP contribution >= 0.6 is 0 Å². The van der Waals surface area contributed by atoms with Gasteiger partial charge in [0.15, 0.2) is 5.82 Å². The van der Waals surface area contributed by atoms with Crippen molar-refractivity contribution in [3.05, 3.63) is 59.8 Å². The molecule has 4 aliphatic heterocycles. The maximum absolute atomic E-state index is 17.0. The summed E-state index contributed by atoms with van der Waals surface area (Å²) >= 11 is 0. The van der Waals surface area contributed by atoms with Gasteiger partial charge in [-0.1, -0.05) is 24.1 Å². The van der Waals surface area contributed by atoms with E-state index >= 15 is 4.39 Å². The Bertz CT molecular complexity index is 2050. The Hall–Kier alpha value is -4.37. The van der Waals surface area contributed by atoms with E-state index in [1.165, 1.54) is 37.1 Å². The van der Waals surface area contributed by atoms with Crippen molar-refractivity contribution in [1.29, 1.82) is 0 Å². The first-order valence-electron chi connectivity index (χ1n) is 17.2. The van der Waals surface area contributed by atoms with Crippen molar-refractivity contribution in [1.82, 2.24) is 25.2 Å². The molecule has 5 aliphatic rings. The number of benzene rings is 2. The van der Waals surface area contributed by atoms with Crippen LogP contribution in [0.3, 0.4) is 0 Å². The third-order valence-electron chi connectivity index (χ3n) is 11.0. The van der Waals surface area contributed by atoms with Crippen LogP contribution in [-0.4, -0.2) is 88.1 Å². The van der Waals surface area contributed by atoms with Crippen LogP contribution in [-0.2, 0) is 4.74 Å². The quantitative estimate of drug-likeness (QED) is 0.192. The summed E-state index contributed by atoms with van der Waals surface area (Å²) in [6, 6.07) is 6.26. The molecule has 4 aromatic rings. The van der Waals surface area contributed by atoms with Crippen molar-refractivity contribution >= 4 is 27.5 Å². The molecule has 4 saturated heterocycles. The molecule has 11 heteroatoms. The van der Waals surface area contributed by atoms with Crippen molar-refractivity contribution in [2.75, 3.05) is 44.3 Å². The van der Waals surface area contributed by atoms with Gasteiger partial charge >= 0.3 is 6.01 Å². The minimum Gasteiger partial charge on any atom is -0.508 e. The third-order valence-corrected chi connectivity index (χ3v) is 11.0. The SMILES string of the molecule is C#Cc1c(F)ccc2cc(O)cc(-c3ncc4c(N5CC6CCC(C5)N6)nc(OC[C@]56CC(=C)CN5C[C@H](OCC5CC5)C6)nc4c3F)c12. The number of piperazine rings is 1. The molecule has 0 amide bonds. The van der Waals surface area contributed by atoms with E-state index in [2.05, 4.69) is 37.6 Å². The lowest BCUT2D eigenvalue weighted by Gasteiger charge is -2.34. The Kier molecular flexibility index (Phi) is 7.27. The molecule has 2 aromatic heterocycles. The molecule has 2 aromatic carbocycles. The highest BCUT2D eigenvalue weighted by Crippen LogP contribution is 2.44. The number of phenols is 1. The van der Waals surface area contributed by atoms with Crippen molar-refractivity contribution in [2.45, 2.75) is 62.3 Å². The van der Waals surface area contributed by atoms with E-state index in [0.717, 1.165) is 51.0 Å². The first kappa shape index (κ1) is 30.7. The van der Waals surface area contributed by atoms with Crippen molar-refractivity contribution < 1.29 is 23.4 Å². The van der Waals surface area contributed by atoms with Gasteiger partial charge in [-0.2, -0.15) is 9.97 Å². The molecule has 9 nitrogen and oxygen atoms in total. The molecule has 6 heterocycles.